The van der Waals surface area contributed by atoms with Crippen molar-refractivity contribution in [3.63, 3.8) is 0 Å². The van der Waals surface area contributed by atoms with Crippen LogP contribution in [0, 0.1) is 0 Å². The molecule has 1 heterocycles. The van der Waals surface area contributed by atoms with Crippen molar-refractivity contribution in [3.05, 3.63) is 53.4 Å². The minimum absolute atomic E-state index is 0.284. The van der Waals surface area contributed by atoms with Crippen LogP contribution in [0.2, 0.25) is 5.02 Å². The van der Waals surface area contributed by atoms with Gasteiger partial charge < -0.3 is 24.6 Å². The summed E-state index contributed by atoms with van der Waals surface area (Å²) >= 11 is 11.4. The van der Waals surface area contributed by atoms with Crippen LogP contribution >= 0.6 is 23.8 Å². The molecule has 0 aliphatic carbocycles. The molecule has 0 amide bonds. The Kier molecular flexibility index (Phi) is 6.10. The maximum atomic E-state index is 6.10. The highest BCUT2D eigenvalue weighted by atomic mass is 35.5. The van der Waals surface area contributed by atoms with Gasteiger partial charge >= 0.3 is 0 Å². The lowest BCUT2D eigenvalue weighted by Gasteiger charge is -2.10. The zero-order valence-electron chi connectivity index (χ0n) is 14.7. The molecule has 3 aromatic rings. The van der Waals surface area contributed by atoms with Crippen molar-refractivity contribution in [2.45, 2.75) is 6.54 Å². The maximum Gasteiger partial charge on any atom is 0.246 e. The number of methoxy groups -OCH3 is 2. The van der Waals surface area contributed by atoms with E-state index in [4.69, 9.17) is 37.8 Å². The van der Waals surface area contributed by atoms with Crippen molar-refractivity contribution in [1.29, 1.82) is 0 Å². The Morgan fingerprint density at radius 2 is 2.04 bits per heavy atom. The Labute approximate surface area is 166 Å². The molecule has 0 unspecified atom stereocenters. The zero-order chi connectivity index (χ0) is 19.2. The molecule has 2 N–H and O–H groups in total. The van der Waals surface area contributed by atoms with Gasteiger partial charge in [0.15, 0.2) is 5.11 Å². The molecule has 2 aromatic carbocycles. The number of benzene rings is 2. The van der Waals surface area contributed by atoms with E-state index in [1.807, 2.05) is 30.3 Å². The fourth-order valence-corrected chi connectivity index (χ4v) is 2.73. The van der Waals surface area contributed by atoms with Crippen molar-refractivity contribution in [1.82, 2.24) is 15.5 Å². The van der Waals surface area contributed by atoms with E-state index in [1.165, 1.54) is 0 Å². The van der Waals surface area contributed by atoms with Crippen LogP contribution in [0.5, 0.6) is 11.5 Å². The Hall–Kier alpha value is -2.84. The predicted molar refractivity (Wildman–Crippen MR) is 107 cm³/mol. The minimum atomic E-state index is 0.284. The van der Waals surface area contributed by atoms with Crippen LogP contribution in [-0.4, -0.2) is 29.5 Å². The molecular weight excluding hydrogens is 388 g/mol. The second-order valence-electron chi connectivity index (χ2n) is 5.40. The molecule has 0 atom stereocenters. The summed E-state index contributed by atoms with van der Waals surface area (Å²) in [6, 6.07) is 12.7. The first-order valence-corrected chi connectivity index (χ1v) is 8.73. The van der Waals surface area contributed by atoms with Gasteiger partial charge in [-0.2, -0.15) is 4.98 Å². The van der Waals surface area contributed by atoms with Gasteiger partial charge in [-0.15, -0.1) is 0 Å². The number of hydrogen-bond acceptors (Lipinski definition) is 6. The number of rotatable bonds is 6. The standard InChI is InChI=1S/C18H17ClN4O3S/c1-24-13-5-3-4-11(8-13)17-22-16(26-23-17)10-20-18(27)21-12-6-7-15(25-2)14(19)9-12/h3-9H,10H2,1-2H3,(H2,20,21,27). The Balaban J connectivity index is 1.58. The Morgan fingerprint density at radius 3 is 2.78 bits per heavy atom. The molecule has 0 saturated heterocycles. The molecule has 140 valence electrons. The van der Waals surface area contributed by atoms with Crippen molar-refractivity contribution in [3.8, 4) is 22.9 Å². The summed E-state index contributed by atoms with van der Waals surface area (Å²) in [6.07, 6.45) is 0. The van der Waals surface area contributed by atoms with Gasteiger partial charge in [0.2, 0.25) is 11.7 Å². The Bertz CT molecular complexity index is 948. The van der Waals surface area contributed by atoms with Crippen molar-refractivity contribution < 1.29 is 14.0 Å². The van der Waals surface area contributed by atoms with Gasteiger partial charge in [0.05, 0.1) is 25.8 Å². The molecule has 7 nitrogen and oxygen atoms in total. The first-order chi connectivity index (χ1) is 13.1. The van der Waals surface area contributed by atoms with E-state index in [1.54, 1.807) is 26.4 Å². The summed E-state index contributed by atoms with van der Waals surface area (Å²) in [6.45, 7) is 0.284. The largest absolute Gasteiger partial charge is 0.497 e. The summed E-state index contributed by atoms with van der Waals surface area (Å²) in [5, 5.41) is 10.9. The van der Waals surface area contributed by atoms with Crippen LogP contribution in [-0.2, 0) is 6.54 Å². The summed E-state index contributed by atoms with van der Waals surface area (Å²) in [4.78, 5) is 4.35. The quantitative estimate of drug-likeness (QED) is 0.599. The molecule has 27 heavy (non-hydrogen) atoms. The van der Waals surface area contributed by atoms with E-state index in [0.29, 0.717) is 27.6 Å². The maximum absolute atomic E-state index is 6.10. The van der Waals surface area contributed by atoms with E-state index < -0.39 is 0 Å². The third kappa shape index (κ3) is 4.87. The third-order valence-electron chi connectivity index (χ3n) is 3.61. The highest BCUT2D eigenvalue weighted by Gasteiger charge is 2.10. The highest BCUT2D eigenvalue weighted by Crippen LogP contribution is 2.27. The molecule has 0 saturated carbocycles. The smallest absolute Gasteiger partial charge is 0.246 e. The molecule has 0 spiro atoms. The van der Waals surface area contributed by atoms with Gasteiger partial charge in [0.1, 0.15) is 11.5 Å². The normalized spacial score (nSPS) is 10.3. The van der Waals surface area contributed by atoms with Gasteiger partial charge in [-0.05, 0) is 42.5 Å². The lowest BCUT2D eigenvalue weighted by molar-refractivity contribution is 0.376. The van der Waals surface area contributed by atoms with Crippen LogP contribution in [0.3, 0.4) is 0 Å². The average Bonchev–Trinajstić information content (AvgIpc) is 3.16. The van der Waals surface area contributed by atoms with E-state index in [0.717, 1.165) is 17.0 Å². The Morgan fingerprint density at radius 1 is 1.19 bits per heavy atom. The van der Waals surface area contributed by atoms with Gasteiger partial charge in [0, 0.05) is 11.3 Å². The highest BCUT2D eigenvalue weighted by molar-refractivity contribution is 7.80. The topological polar surface area (TPSA) is 81.4 Å². The fourth-order valence-electron chi connectivity index (χ4n) is 2.28. The second kappa shape index (κ2) is 8.70. The van der Waals surface area contributed by atoms with E-state index >= 15 is 0 Å². The van der Waals surface area contributed by atoms with Crippen LogP contribution in [0.25, 0.3) is 11.4 Å². The molecule has 0 aliphatic rings. The SMILES string of the molecule is COc1cccc(-c2noc(CNC(=S)Nc3ccc(OC)c(Cl)c3)n2)c1. The lowest BCUT2D eigenvalue weighted by atomic mass is 10.2. The van der Waals surface area contributed by atoms with Gasteiger partial charge in [-0.3, -0.25) is 0 Å². The molecule has 0 fully saturated rings. The van der Waals surface area contributed by atoms with Crippen LogP contribution in [0.1, 0.15) is 5.89 Å². The van der Waals surface area contributed by atoms with Crippen molar-refractivity contribution >= 4 is 34.6 Å². The summed E-state index contributed by atoms with van der Waals surface area (Å²) < 4.78 is 15.6. The van der Waals surface area contributed by atoms with E-state index in [9.17, 15) is 0 Å². The van der Waals surface area contributed by atoms with Gasteiger partial charge in [-0.1, -0.05) is 28.9 Å². The molecule has 9 heteroatoms. The third-order valence-corrected chi connectivity index (χ3v) is 4.15. The number of hydrogen-bond donors (Lipinski definition) is 2. The molecule has 0 bridgehead atoms. The summed E-state index contributed by atoms with van der Waals surface area (Å²) in [5.41, 5.74) is 1.54. The molecular formula is C18H17ClN4O3S. The summed E-state index contributed by atoms with van der Waals surface area (Å²) in [5.74, 6) is 2.20. The number of thiocarbonyl (C=S) groups is 1. The van der Waals surface area contributed by atoms with Crippen LogP contribution in [0.15, 0.2) is 47.0 Å². The van der Waals surface area contributed by atoms with E-state index in [2.05, 4.69) is 20.8 Å². The zero-order valence-corrected chi connectivity index (χ0v) is 16.2. The number of nitrogens with zero attached hydrogens (tertiary/aromatic N) is 2. The van der Waals surface area contributed by atoms with Crippen LogP contribution in [0.4, 0.5) is 5.69 Å². The second-order valence-corrected chi connectivity index (χ2v) is 6.22. The average molecular weight is 405 g/mol. The lowest BCUT2D eigenvalue weighted by Crippen LogP contribution is -2.28. The molecule has 0 radical (unpaired) electrons. The van der Waals surface area contributed by atoms with Crippen molar-refractivity contribution in [2.24, 2.45) is 0 Å². The van der Waals surface area contributed by atoms with Crippen LogP contribution < -0.4 is 20.1 Å². The molecule has 3 rings (SSSR count). The van der Waals surface area contributed by atoms with E-state index in [-0.39, 0.29) is 6.54 Å². The number of aromatic nitrogens is 2. The summed E-state index contributed by atoms with van der Waals surface area (Å²) in [7, 11) is 3.17. The number of halogens is 1. The molecule has 1 aromatic heterocycles. The fraction of sp³-hybridized carbons (Fsp3) is 0.167. The van der Waals surface area contributed by atoms with Gasteiger partial charge in [-0.25, -0.2) is 0 Å². The van der Waals surface area contributed by atoms with Crippen molar-refractivity contribution in [2.75, 3.05) is 19.5 Å². The first kappa shape index (κ1) is 18.9. The monoisotopic (exact) mass is 404 g/mol. The predicted octanol–water partition coefficient (Wildman–Crippen LogP) is 3.89. The molecule has 0 aliphatic heterocycles. The number of anilines is 1. The van der Waals surface area contributed by atoms with Gasteiger partial charge in [0.25, 0.3) is 0 Å². The first-order valence-electron chi connectivity index (χ1n) is 7.94. The minimum Gasteiger partial charge on any atom is -0.497 e. The number of nitrogens with one attached hydrogen (secondary N) is 2. The number of ether oxygens (including phenoxy) is 2.